The number of halogens is 2. The molecule has 1 heterocycles. The first kappa shape index (κ1) is 12.9. The lowest BCUT2D eigenvalue weighted by molar-refractivity contribution is -0.124. The lowest BCUT2D eigenvalue weighted by atomic mass is 10.2. The number of hydrogen-bond acceptors (Lipinski definition) is 3. The molecule has 1 aliphatic rings. The summed E-state index contributed by atoms with van der Waals surface area (Å²) in [5.74, 6) is -0.0351. The van der Waals surface area contributed by atoms with Crippen LogP contribution in [0.15, 0.2) is 21.1 Å². The molecular formula is C11H11Br2NO3. The molecule has 1 saturated heterocycles. The topological polar surface area (TPSA) is 58.6 Å². The lowest BCUT2D eigenvalue weighted by Gasteiger charge is -2.11. The molecule has 1 aliphatic heterocycles. The monoisotopic (exact) mass is 363 g/mol. The molecule has 2 N–H and O–H groups in total. The number of amides is 1. The Balaban J connectivity index is 2.10. The first-order valence-corrected chi connectivity index (χ1v) is 6.77. The minimum absolute atomic E-state index is 0.111. The number of ether oxygens (including phenoxy) is 1. The highest BCUT2D eigenvalue weighted by Crippen LogP contribution is 2.35. The molecule has 1 aromatic carbocycles. The Morgan fingerprint density at radius 2 is 2.06 bits per heavy atom. The number of rotatable bonds is 2. The van der Waals surface area contributed by atoms with E-state index in [1.165, 1.54) is 0 Å². The van der Waals surface area contributed by atoms with Crippen LogP contribution < -0.4 is 5.32 Å². The molecule has 0 bridgehead atoms. The highest BCUT2D eigenvalue weighted by molar-refractivity contribution is 9.11. The van der Waals surface area contributed by atoms with Gasteiger partial charge in [0.2, 0.25) is 0 Å². The highest BCUT2D eigenvalue weighted by Gasteiger charge is 2.23. The van der Waals surface area contributed by atoms with Crippen LogP contribution in [0.2, 0.25) is 0 Å². The minimum Gasteiger partial charge on any atom is -0.506 e. The number of aromatic hydroxyl groups is 1. The number of benzene rings is 1. The fourth-order valence-corrected chi connectivity index (χ4v) is 2.83. The largest absolute Gasteiger partial charge is 0.506 e. The average Bonchev–Trinajstić information content (AvgIpc) is 2.79. The Morgan fingerprint density at radius 3 is 2.59 bits per heavy atom. The number of phenols is 1. The van der Waals surface area contributed by atoms with Crippen molar-refractivity contribution in [2.45, 2.75) is 18.9 Å². The minimum atomic E-state index is -0.360. The first-order chi connectivity index (χ1) is 8.08. The third kappa shape index (κ3) is 3.00. The maximum Gasteiger partial charge on any atom is 0.253 e. The zero-order chi connectivity index (χ0) is 12.4. The zero-order valence-electron chi connectivity index (χ0n) is 8.87. The van der Waals surface area contributed by atoms with Crippen LogP contribution in [0, 0.1) is 0 Å². The van der Waals surface area contributed by atoms with E-state index in [1.807, 2.05) is 0 Å². The fourth-order valence-electron chi connectivity index (χ4n) is 1.64. The summed E-state index contributed by atoms with van der Waals surface area (Å²) in [6, 6.07) is 3.29. The van der Waals surface area contributed by atoms with E-state index in [-0.39, 0.29) is 17.8 Å². The van der Waals surface area contributed by atoms with Crippen LogP contribution in [0.25, 0.3) is 0 Å². The summed E-state index contributed by atoms with van der Waals surface area (Å²) in [4.78, 5) is 11.8. The second-order valence-corrected chi connectivity index (χ2v) is 5.49. The van der Waals surface area contributed by atoms with Gasteiger partial charge >= 0.3 is 0 Å². The van der Waals surface area contributed by atoms with Crippen LogP contribution in [-0.2, 0) is 9.53 Å². The second-order valence-electron chi connectivity index (χ2n) is 3.78. The number of carbonyl (C=O) groups excluding carboxylic acids is 1. The molecule has 1 fully saturated rings. The standard InChI is InChI=1S/C11H11Br2NO3/c12-7-4-6(5-8(13)10(7)15)14-11(16)9-2-1-3-17-9/h4-5,9,15H,1-3H2,(H,14,16)/t9-/m1/s1. The van der Waals surface area contributed by atoms with E-state index in [2.05, 4.69) is 37.2 Å². The van der Waals surface area contributed by atoms with Gasteiger partial charge in [0.15, 0.2) is 0 Å². The normalized spacial score (nSPS) is 19.3. The Bertz CT molecular complexity index is 421. The molecule has 1 aromatic rings. The quantitative estimate of drug-likeness (QED) is 0.793. The summed E-state index contributed by atoms with van der Waals surface area (Å²) in [5.41, 5.74) is 0.613. The van der Waals surface area contributed by atoms with E-state index in [0.29, 0.717) is 21.2 Å². The molecule has 0 radical (unpaired) electrons. The first-order valence-electron chi connectivity index (χ1n) is 5.18. The van der Waals surface area contributed by atoms with Crippen molar-refractivity contribution in [3.63, 3.8) is 0 Å². The summed E-state index contributed by atoms with van der Waals surface area (Å²) in [7, 11) is 0. The number of carbonyl (C=O) groups is 1. The molecule has 0 spiro atoms. The molecular weight excluding hydrogens is 354 g/mol. The Hall–Kier alpha value is -0.590. The van der Waals surface area contributed by atoms with Gasteiger partial charge in [-0.2, -0.15) is 0 Å². The summed E-state index contributed by atoms with van der Waals surface area (Å²) >= 11 is 6.42. The van der Waals surface area contributed by atoms with Crippen molar-refractivity contribution in [3.8, 4) is 5.75 Å². The number of nitrogens with one attached hydrogen (secondary N) is 1. The van der Waals surface area contributed by atoms with E-state index >= 15 is 0 Å². The SMILES string of the molecule is O=C(Nc1cc(Br)c(O)c(Br)c1)[C@H]1CCCO1. The Morgan fingerprint density at radius 1 is 1.41 bits per heavy atom. The van der Waals surface area contributed by atoms with Crippen LogP contribution in [0.1, 0.15) is 12.8 Å². The lowest BCUT2D eigenvalue weighted by Crippen LogP contribution is -2.26. The van der Waals surface area contributed by atoms with Gasteiger partial charge in [-0.3, -0.25) is 4.79 Å². The third-order valence-electron chi connectivity index (χ3n) is 2.51. The Labute approximate surface area is 116 Å². The van der Waals surface area contributed by atoms with Crippen molar-refractivity contribution in [1.29, 1.82) is 0 Å². The van der Waals surface area contributed by atoms with Gasteiger partial charge in [-0.1, -0.05) is 0 Å². The average molecular weight is 365 g/mol. The molecule has 17 heavy (non-hydrogen) atoms. The van der Waals surface area contributed by atoms with Crippen molar-refractivity contribution >= 4 is 43.5 Å². The number of phenolic OH excluding ortho intramolecular Hbond substituents is 1. The highest BCUT2D eigenvalue weighted by atomic mass is 79.9. The van der Waals surface area contributed by atoms with Gasteiger partial charge in [0.1, 0.15) is 11.9 Å². The van der Waals surface area contributed by atoms with Crippen molar-refractivity contribution in [2.24, 2.45) is 0 Å². The van der Waals surface area contributed by atoms with E-state index in [0.717, 1.165) is 12.8 Å². The number of hydrogen-bond donors (Lipinski definition) is 2. The summed E-state index contributed by atoms with van der Waals surface area (Å²) in [6.07, 6.45) is 1.31. The molecule has 0 aromatic heterocycles. The van der Waals surface area contributed by atoms with E-state index in [1.54, 1.807) is 12.1 Å². The summed E-state index contributed by atoms with van der Waals surface area (Å²) in [5, 5.41) is 12.3. The van der Waals surface area contributed by atoms with Crippen molar-refractivity contribution in [2.75, 3.05) is 11.9 Å². The van der Waals surface area contributed by atoms with Crippen molar-refractivity contribution in [3.05, 3.63) is 21.1 Å². The molecule has 4 nitrogen and oxygen atoms in total. The van der Waals surface area contributed by atoms with Gasteiger partial charge in [0, 0.05) is 12.3 Å². The van der Waals surface area contributed by atoms with Gasteiger partial charge in [-0.15, -0.1) is 0 Å². The van der Waals surface area contributed by atoms with E-state index < -0.39 is 0 Å². The zero-order valence-corrected chi connectivity index (χ0v) is 12.0. The molecule has 2 rings (SSSR count). The summed E-state index contributed by atoms with van der Waals surface area (Å²) in [6.45, 7) is 0.640. The molecule has 1 atom stereocenters. The van der Waals surface area contributed by atoms with Crippen LogP contribution in [0.3, 0.4) is 0 Å². The van der Waals surface area contributed by atoms with Crippen LogP contribution >= 0.6 is 31.9 Å². The van der Waals surface area contributed by atoms with Crippen LogP contribution in [-0.4, -0.2) is 23.7 Å². The van der Waals surface area contributed by atoms with E-state index in [9.17, 15) is 9.90 Å². The van der Waals surface area contributed by atoms with Crippen LogP contribution in [0.5, 0.6) is 5.75 Å². The molecule has 0 aliphatic carbocycles. The molecule has 1 amide bonds. The maximum absolute atomic E-state index is 11.8. The van der Waals surface area contributed by atoms with Gasteiger partial charge in [0.25, 0.3) is 5.91 Å². The van der Waals surface area contributed by atoms with Gasteiger partial charge in [0.05, 0.1) is 8.95 Å². The van der Waals surface area contributed by atoms with Gasteiger partial charge in [-0.25, -0.2) is 0 Å². The van der Waals surface area contributed by atoms with Crippen molar-refractivity contribution in [1.82, 2.24) is 0 Å². The Kier molecular flexibility index (Phi) is 4.06. The van der Waals surface area contributed by atoms with Gasteiger partial charge in [-0.05, 0) is 56.8 Å². The summed E-state index contributed by atoms with van der Waals surface area (Å²) < 4.78 is 6.33. The van der Waals surface area contributed by atoms with Crippen molar-refractivity contribution < 1.29 is 14.6 Å². The smallest absolute Gasteiger partial charge is 0.253 e. The molecule has 6 heteroatoms. The third-order valence-corrected chi connectivity index (χ3v) is 3.72. The van der Waals surface area contributed by atoms with Gasteiger partial charge < -0.3 is 15.2 Å². The second kappa shape index (κ2) is 5.37. The molecule has 92 valence electrons. The fraction of sp³-hybridized carbons (Fsp3) is 0.364. The number of anilines is 1. The predicted molar refractivity (Wildman–Crippen MR) is 71.1 cm³/mol. The molecule has 0 unspecified atom stereocenters. The van der Waals surface area contributed by atoms with E-state index in [4.69, 9.17) is 4.74 Å². The maximum atomic E-state index is 11.8. The predicted octanol–water partition coefficient (Wildman–Crippen LogP) is 3.03. The molecule has 0 saturated carbocycles. The van der Waals surface area contributed by atoms with Crippen LogP contribution in [0.4, 0.5) is 5.69 Å².